The molecule has 3 N–H and O–H groups in total. The topological polar surface area (TPSA) is 113 Å². The lowest BCUT2D eigenvalue weighted by molar-refractivity contribution is -0.136. The third-order valence-corrected chi connectivity index (χ3v) is 5.36. The van der Waals surface area contributed by atoms with Crippen LogP contribution >= 0.6 is 23.2 Å². The van der Waals surface area contributed by atoms with Crippen molar-refractivity contribution in [2.45, 2.75) is 0 Å². The number of hydrogen-bond acceptors (Lipinski definition) is 5. The highest BCUT2D eigenvalue weighted by Gasteiger charge is 2.18. The van der Waals surface area contributed by atoms with Crippen LogP contribution in [0.25, 0.3) is 10.9 Å². The first-order valence-electron chi connectivity index (χ1n) is 10.3. The van der Waals surface area contributed by atoms with E-state index in [1.165, 1.54) is 18.3 Å². The fourth-order valence-corrected chi connectivity index (χ4v) is 3.43. The number of nitrogens with zero attached hydrogens (tertiary/aromatic N) is 2. The van der Waals surface area contributed by atoms with Crippen molar-refractivity contribution in [1.82, 2.24) is 10.4 Å². The number of benzene rings is 3. The van der Waals surface area contributed by atoms with Gasteiger partial charge >= 0.3 is 11.8 Å². The maximum absolute atomic E-state index is 12.7. The van der Waals surface area contributed by atoms with Gasteiger partial charge in [0.1, 0.15) is 5.15 Å². The number of para-hydroxylation sites is 2. The highest BCUT2D eigenvalue weighted by Crippen LogP contribution is 2.20. The van der Waals surface area contributed by atoms with Crippen molar-refractivity contribution < 1.29 is 14.4 Å². The summed E-state index contributed by atoms with van der Waals surface area (Å²) in [7, 11) is 0. The minimum Gasteiger partial charge on any atom is -0.322 e. The van der Waals surface area contributed by atoms with Crippen molar-refractivity contribution in [2.24, 2.45) is 5.10 Å². The summed E-state index contributed by atoms with van der Waals surface area (Å²) >= 11 is 12.0. The summed E-state index contributed by atoms with van der Waals surface area (Å²) in [4.78, 5) is 41.6. The Bertz CT molecular complexity index is 1460. The van der Waals surface area contributed by atoms with E-state index in [9.17, 15) is 14.4 Å². The highest BCUT2D eigenvalue weighted by atomic mass is 35.5. The van der Waals surface area contributed by atoms with Crippen LogP contribution in [-0.4, -0.2) is 28.9 Å². The van der Waals surface area contributed by atoms with Gasteiger partial charge < -0.3 is 10.6 Å². The van der Waals surface area contributed by atoms with Crippen molar-refractivity contribution in [3.05, 3.63) is 100 Å². The molecule has 0 aliphatic heterocycles. The quantitative estimate of drug-likeness (QED) is 0.155. The Hall–Kier alpha value is -4.27. The zero-order valence-electron chi connectivity index (χ0n) is 18.0. The molecule has 3 amide bonds. The van der Waals surface area contributed by atoms with Gasteiger partial charge in [-0.15, -0.1) is 0 Å². The molecule has 3 aromatic carbocycles. The molecule has 0 saturated carbocycles. The number of halogens is 2. The first-order valence-corrected chi connectivity index (χ1v) is 11.0. The lowest BCUT2D eigenvalue weighted by atomic mass is 10.1. The molecule has 0 unspecified atom stereocenters. The average Bonchev–Trinajstić information content (AvgIpc) is 2.86. The molecule has 0 spiro atoms. The number of aromatic nitrogens is 1. The minimum atomic E-state index is -1.03. The molecule has 0 saturated heterocycles. The molecule has 10 heteroatoms. The number of carbonyl (C=O) groups excluding carboxylic acids is 3. The summed E-state index contributed by atoms with van der Waals surface area (Å²) < 4.78 is 0. The summed E-state index contributed by atoms with van der Waals surface area (Å²) in [5.74, 6) is -2.50. The van der Waals surface area contributed by atoms with Crippen molar-refractivity contribution in [2.75, 3.05) is 10.6 Å². The van der Waals surface area contributed by atoms with E-state index >= 15 is 0 Å². The predicted molar refractivity (Wildman–Crippen MR) is 137 cm³/mol. The standard InChI is InChI=1S/C25H17Cl2N5O3/c26-17-9-11-18(12-10-17)29-23(33)19-6-2-4-8-21(19)31-24(34)25(35)32-28-14-16-13-15-5-1-3-7-20(15)30-22(16)27/h1-14H,(H,29,33)(H,31,34)(H,32,35). The summed E-state index contributed by atoms with van der Waals surface area (Å²) in [6.45, 7) is 0. The van der Waals surface area contributed by atoms with Gasteiger partial charge in [-0.1, -0.05) is 53.5 Å². The average molecular weight is 506 g/mol. The van der Waals surface area contributed by atoms with Crippen LogP contribution in [0.4, 0.5) is 11.4 Å². The van der Waals surface area contributed by atoms with Crippen molar-refractivity contribution in [3.63, 3.8) is 0 Å². The predicted octanol–water partition coefficient (Wildman–Crippen LogP) is 4.88. The summed E-state index contributed by atoms with van der Waals surface area (Å²) in [6.07, 6.45) is 1.29. The minimum absolute atomic E-state index is 0.157. The van der Waals surface area contributed by atoms with Crippen LogP contribution in [0.15, 0.2) is 84.0 Å². The number of hydrazone groups is 1. The summed E-state index contributed by atoms with van der Waals surface area (Å²) in [6, 6.07) is 22.0. The van der Waals surface area contributed by atoms with Crippen LogP contribution in [0.2, 0.25) is 10.2 Å². The van der Waals surface area contributed by atoms with E-state index in [2.05, 4.69) is 26.1 Å². The Balaban J connectivity index is 1.41. The fourth-order valence-electron chi connectivity index (χ4n) is 3.11. The van der Waals surface area contributed by atoms with Gasteiger partial charge in [0, 0.05) is 21.7 Å². The van der Waals surface area contributed by atoms with Crippen molar-refractivity contribution in [3.8, 4) is 0 Å². The molecule has 174 valence electrons. The maximum Gasteiger partial charge on any atom is 0.329 e. The molecular formula is C25H17Cl2N5O3. The first kappa shape index (κ1) is 23.9. The molecule has 0 aliphatic rings. The van der Waals surface area contributed by atoms with E-state index in [0.29, 0.717) is 16.3 Å². The zero-order chi connectivity index (χ0) is 24.8. The smallest absolute Gasteiger partial charge is 0.322 e. The maximum atomic E-state index is 12.7. The van der Waals surface area contributed by atoms with Crippen LogP contribution in [0.1, 0.15) is 15.9 Å². The zero-order valence-corrected chi connectivity index (χ0v) is 19.5. The summed E-state index contributed by atoms with van der Waals surface area (Å²) in [5, 5.41) is 10.5. The van der Waals surface area contributed by atoms with Gasteiger partial charge in [0.15, 0.2) is 0 Å². The molecule has 0 aliphatic carbocycles. The third kappa shape index (κ3) is 6.00. The van der Waals surface area contributed by atoms with Gasteiger partial charge in [0.05, 0.1) is 23.0 Å². The van der Waals surface area contributed by atoms with E-state index < -0.39 is 17.7 Å². The van der Waals surface area contributed by atoms with Gasteiger partial charge in [-0.2, -0.15) is 5.10 Å². The molecule has 0 fully saturated rings. The van der Waals surface area contributed by atoms with Gasteiger partial charge in [-0.3, -0.25) is 14.4 Å². The van der Waals surface area contributed by atoms with Crippen LogP contribution in [0, 0.1) is 0 Å². The Kier molecular flexibility index (Phi) is 7.35. The van der Waals surface area contributed by atoms with Crippen LogP contribution in [0.5, 0.6) is 0 Å². The van der Waals surface area contributed by atoms with Crippen molar-refractivity contribution in [1.29, 1.82) is 0 Å². The van der Waals surface area contributed by atoms with Crippen LogP contribution < -0.4 is 16.1 Å². The van der Waals surface area contributed by atoms with E-state index in [0.717, 1.165) is 10.9 Å². The van der Waals surface area contributed by atoms with Gasteiger partial charge in [0.25, 0.3) is 5.91 Å². The van der Waals surface area contributed by atoms with Crippen LogP contribution in [-0.2, 0) is 9.59 Å². The highest BCUT2D eigenvalue weighted by molar-refractivity contribution is 6.40. The number of nitrogens with one attached hydrogen (secondary N) is 3. The number of rotatable bonds is 5. The second kappa shape index (κ2) is 10.8. The van der Waals surface area contributed by atoms with E-state index in [-0.39, 0.29) is 16.4 Å². The molecule has 35 heavy (non-hydrogen) atoms. The molecule has 4 rings (SSSR count). The van der Waals surface area contributed by atoms with E-state index in [1.54, 1.807) is 42.5 Å². The van der Waals surface area contributed by atoms with Crippen LogP contribution in [0.3, 0.4) is 0 Å². The molecule has 0 bridgehead atoms. The number of anilines is 2. The van der Waals surface area contributed by atoms with E-state index in [4.69, 9.17) is 23.2 Å². The van der Waals surface area contributed by atoms with Gasteiger partial charge in [0.2, 0.25) is 0 Å². The lowest BCUT2D eigenvalue weighted by Crippen LogP contribution is -2.33. The molecule has 0 atom stereocenters. The number of pyridine rings is 1. The number of carbonyl (C=O) groups is 3. The number of fused-ring (bicyclic) bond motifs is 1. The normalized spacial score (nSPS) is 10.8. The van der Waals surface area contributed by atoms with Gasteiger partial charge in [-0.05, 0) is 48.5 Å². The monoisotopic (exact) mass is 505 g/mol. The van der Waals surface area contributed by atoms with Crippen molar-refractivity contribution >= 4 is 69.4 Å². The molecule has 1 heterocycles. The Labute approximate surface area is 210 Å². The molecule has 4 aromatic rings. The Morgan fingerprint density at radius 1 is 0.829 bits per heavy atom. The molecular weight excluding hydrogens is 489 g/mol. The van der Waals surface area contributed by atoms with E-state index in [1.807, 2.05) is 24.3 Å². The Morgan fingerprint density at radius 2 is 1.54 bits per heavy atom. The number of hydrogen-bond donors (Lipinski definition) is 3. The third-order valence-electron chi connectivity index (χ3n) is 4.80. The number of amides is 3. The Morgan fingerprint density at radius 3 is 2.34 bits per heavy atom. The fraction of sp³-hybridized carbons (Fsp3) is 0. The summed E-state index contributed by atoms with van der Waals surface area (Å²) in [5.41, 5.74) is 4.17. The largest absolute Gasteiger partial charge is 0.329 e. The second-order valence-electron chi connectivity index (χ2n) is 7.22. The first-order chi connectivity index (χ1) is 16.9. The van der Waals surface area contributed by atoms with Gasteiger partial charge in [-0.25, -0.2) is 10.4 Å². The SMILES string of the molecule is O=C(NN=Cc1cc2ccccc2nc1Cl)C(=O)Nc1ccccc1C(=O)Nc1ccc(Cl)cc1. The molecule has 1 aromatic heterocycles. The molecule has 8 nitrogen and oxygen atoms in total. The second-order valence-corrected chi connectivity index (χ2v) is 8.02. The lowest BCUT2D eigenvalue weighted by Gasteiger charge is -2.11. The molecule has 0 radical (unpaired) electrons.